The molecule has 90 valence electrons. The van der Waals surface area contributed by atoms with Crippen LogP contribution >= 0.6 is 15.9 Å². The number of urea groups is 1. The second-order valence-corrected chi connectivity index (χ2v) is 4.88. The van der Waals surface area contributed by atoms with Gasteiger partial charge in [-0.3, -0.25) is 9.69 Å². The molecule has 3 amide bonds. The number of carbonyl (C=O) groups excluding carboxylic acids is 2. The zero-order valence-corrected chi connectivity index (χ0v) is 11.1. The van der Waals surface area contributed by atoms with E-state index in [-0.39, 0.29) is 18.5 Å². The normalized spacial score (nSPS) is 15.9. The largest absolute Gasteiger partial charge is 0.326 e. The molecule has 0 aromatic heterocycles. The minimum atomic E-state index is -0.206. The molecule has 1 saturated heterocycles. The van der Waals surface area contributed by atoms with Crippen LogP contribution in [0.4, 0.5) is 4.79 Å². The second-order valence-electron chi connectivity index (χ2n) is 4.03. The maximum Gasteiger partial charge on any atom is 0.326 e. The highest BCUT2D eigenvalue weighted by Crippen LogP contribution is 2.17. The Kier molecular flexibility index (Phi) is 3.47. The van der Waals surface area contributed by atoms with Gasteiger partial charge in [0.2, 0.25) is 5.91 Å². The lowest BCUT2D eigenvalue weighted by Crippen LogP contribution is -2.33. The Bertz CT molecular complexity index is 462. The summed E-state index contributed by atoms with van der Waals surface area (Å²) in [4.78, 5) is 25.9. The fourth-order valence-corrected chi connectivity index (χ4v) is 2.31. The lowest BCUT2D eigenvalue weighted by atomic mass is 10.1. The Balaban J connectivity index is 2.02. The van der Waals surface area contributed by atoms with E-state index in [0.717, 1.165) is 10.0 Å². The Labute approximate surface area is 108 Å². The van der Waals surface area contributed by atoms with Crippen LogP contribution in [0.5, 0.6) is 0 Å². The molecule has 1 heterocycles. The van der Waals surface area contributed by atoms with E-state index >= 15 is 0 Å². The van der Waals surface area contributed by atoms with Crippen LogP contribution in [0.15, 0.2) is 28.7 Å². The molecule has 0 bridgehead atoms. The van der Waals surface area contributed by atoms with Crippen molar-refractivity contribution in [1.82, 2.24) is 9.80 Å². The van der Waals surface area contributed by atoms with E-state index < -0.39 is 0 Å². The van der Waals surface area contributed by atoms with E-state index in [9.17, 15) is 9.59 Å². The van der Waals surface area contributed by atoms with Crippen molar-refractivity contribution in [2.75, 3.05) is 20.1 Å². The summed E-state index contributed by atoms with van der Waals surface area (Å²) in [6.45, 7) is 0.624. The zero-order chi connectivity index (χ0) is 12.4. The molecular formula is C12H13BrN2O2. The standard InChI is InChI=1S/C12H13BrN2O2/c1-14-8-11(16)15(12(14)17)7-6-9-4-2-3-5-10(9)13/h2-5H,6-8H2,1H3. The van der Waals surface area contributed by atoms with Crippen molar-refractivity contribution >= 4 is 27.9 Å². The smallest absolute Gasteiger partial charge is 0.318 e. The van der Waals surface area contributed by atoms with Crippen molar-refractivity contribution in [2.45, 2.75) is 6.42 Å². The molecule has 0 radical (unpaired) electrons. The van der Waals surface area contributed by atoms with Gasteiger partial charge in [0.1, 0.15) is 6.54 Å². The summed E-state index contributed by atoms with van der Waals surface area (Å²) in [7, 11) is 1.64. The van der Waals surface area contributed by atoms with Gasteiger partial charge in [-0.05, 0) is 18.1 Å². The van der Waals surface area contributed by atoms with Gasteiger partial charge in [0.15, 0.2) is 0 Å². The van der Waals surface area contributed by atoms with Gasteiger partial charge < -0.3 is 4.90 Å². The number of nitrogens with zero attached hydrogens (tertiary/aromatic N) is 2. The Morgan fingerprint density at radius 1 is 1.29 bits per heavy atom. The number of rotatable bonds is 3. The van der Waals surface area contributed by atoms with E-state index in [1.165, 1.54) is 9.80 Å². The summed E-state index contributed by atoms with van der Waals surface area (Å²) in [5.74, 6) is -0.121. The lowest BCUT2D eigenvalue weighted by Gasteiger charge is -2.14. The molecule has 1 fully saturated rings. The number of hydrogen-bond donors (Lipinski definition) is 0. The molecule has 1 aromatic rings. The fraction of sp³-hybridized carbons (Fsp3) is 0.333. The molecule has 1 aliphatic rings. The highest BCUT2D eigenvalue weighted by molar-refractivity contribution is 9.10. The van der Waals surface area contributed by atoms with Gasteiger partial charge in [-0.25, -0.2) is 4.79 Å². The van der Waals surface area contributed by atoms with Crippen molar-refractivity contribution in [3.05, 3.63) is 34.3 Å². The number of carbonyl (C=O) groups is 2. The summed E-state index contributed by atoms with van der Waals surface area (Å²) in [5.41, 5.74) is 1.10. The minimum Gasteiger partial charge on any atom is -0.318 e. The predicted molar refractivity (Wildman–Crippen MR) is 67.6 cm³/mol. The minimum absolute atomic E-state index is 0.121. The number of likely N-dealkylation sites (N-methyl/N-ethyl adjacent to an activating group) is 1. The number of amides is 3. The zero-order valence-electron chi connectivity index (χ0n) is 9.52. The molecule has 2 rings (SSSR count). The molecule has 0 N–H and O–H groups in total. The Morgan fingerprint density at radius 2 is 2.00 bits per heavy atom. The van der Waals surface area contributed by atoms with Crippen LogP contribution in [0.25, 0.3) is 0 Å². The van der Waals surface area contributed by atoms with Crippen LogP contribution in [0.1, 0.15) is 5.56 Å². The van der Waals surface area contributed by atoms with Gasteiger partial charge >= 0.3 is 6.03 Å². The Hall–Kier alpha value is -1.36. The van der Waals surface area contributed by atoms with Crippen molar-refractivity contribution in [3.8, 4) is 0 Å². The fourth-order valence-electron chi connectivity index (χ4n) is 1.82. The molecule has 17 heavy (non-hydrogen) atoms. The summed E-state index contributed by atoms with van der Waals surface area (Å²) < 4.78 is 1.01. The van der Waals surface area contributed by atoms with E-state index in [2.05, 4.69) is 15.9 Å². The van der Waals surface area contributed by atoms with Gasteiger partial charge in [0.05, 0.1) is 0 Å². The van der Waals surface area contributed by atoms with Crippen LogP contribution in [-0.2, 0) is 11.2 Å². The van der Waals surface area contributed by atoms with Crippen molar-refractivity contribution < 1.29 is 9.59 Å². The molecule has 4 nitrogen and oxygen atoms in total. The summed E-state index contributed by atoms with van der Waals surface area (Å²) in [6.07, 6.45) is 0.673. The highest BCUT2D eigenvalue weighted by Gasteiger charge is 2.32. The van der Waals surface area contributed by atoms with Gasteiger partial charge in [-0.15, -0.1) is 0 Å². The average molecular weight is 297 g/mol. The summed E-state index contributed by atoms with van der Waals surface area (Å²) >= 11 is 3.45. The maximum atomic E-state index is 11.6. The highest BCUT2D eigenvalue weighted by atomic mass is 79.9. The SMILES string of the molecule is CN1CC(=O)N(CCc2ccccc2Br)C1=O. The lowest BCUT2D eigenvalue weighted by molar-refractivity contribution is -0.125. The van der Waals surface area contributed by atoms with Crippen LogP contribution < -0.4 is 0 Å². The van der Waals surface area contributed by atoms with Gasteiger partial charge in [-0.2, -0.15) is 0 Å². The number of hydrogen-bond acceptors (Lipinski definition) is 2. The first kappa shape index (κ1) is 12.1. The third-order valence-electron chi connectivity index (χ3n) is 2.79. The van der Waals surface area contributed by atoms with E-state index in [1.807, 2.05) is 24.3 Å². The third kappa shape index (κ3) is 2.49. The topological polar surface area (TPSA) is 40.6 Å². The van der Waals surface area contributed by atoms with Crippen molar-refractivity contribution in [1.29, 1.82) is 0 Å². The summed E-state index contributed by atoms with van der Waals surface area (Å²) in [5, 5.41) is 0. The number of benzene rings is 1. The first-order chi connectivity index (χ1) is 8.09. The molecule has 1 aromatic carbocycles. The van der Waals surface area contributed by atoms with Crippen molar-refractivity contribution in [2.24, 2.45) is 0 Å². The van der Waals surface area contributed by atoms with Crippen LogP contribution in [0, 0.1) is 0 Å². The molecule has 0 unspecified atom stereocenters. The van der Waals surface area contributed by atoms with Gasteiger partial charge in [0, 0.05) is 18.1 Å². The molecule has 1 aliphatic heterocycles. The number of halogens is 1. The first-order valence-electron chi connectivity index (χ1n) is 5.38. The molecule has 0 spiro atoms. The van der Waals surface area contributed by atoms with E-state index in [0.29, 0.717) is 13.0 Å². The van der Waals surface area contributed by atoms with Crippen LogP contribution in [0.3, 0.4) is 0 Å². The molecule has 0 atom stereocenters. The summed E-state index contributed by atoms with van der Waals surface area (Å²) in [6, 6.07) is 7.61. The monoisotopic (exact) mass is 296 g/mol. The van der Waals surface area contributed by atoms with Gasteiger partial charge in [-0.1, -0.05) is 34.1 Å². The van der Waals surface area contributed by atoms with Crippen molar-refractivity contribution in [3.63, 3.8) is 0 Å². The third-order valence-corrected chi connectivity index (χ3v) is 3.57. The average Bonchev–Trinajstić information content (AvgIpc) is 2.53. The molecule has 0 aliphatic carbocycles. The maximum absolute atomic E-state index is 11.6. The predicted octanol–water partition coefficient (Wildman–Crippen LogP) is 1.89. The Morgan fingerprint density at radius 3 is 2.59 bits per heavy atom. The first-order valence-corrected chi connectivity index (χ1v) is 6.18. The number of imide groups is 1. The van der Waals surface area contributed by atoms with Crippen LogP contribution in [0.2, 0.25) is 0 Å². The van der Waals surface area contributed by atoms with E-state index in [4.69, 9.17) is 0 Å². The van der Waals surface area contributed by atoms with E-state index in [1.54, 1.807) is 7.05 Å². The molecular weight excluding hydrogens is 284 g/mol. The molecule has 0 saturated carbocycles. The van der Waals surface area contributed by atoms with Gasteiger partial charge in [0.25, 0.3) is 0 Å². The quantitative estimate of drug-likeness (QED) is 0.799. The molecule has 5 heteroatoms. The second kappa shape index (κ2) is 4.87. The van der Waals surface area contributed by atoms with Crippen LogP contribution in [-0.4, -0.2) is 41.9 Å².